The van der Waals surface area contributed by atoms with E-state index in [1.807, 2.05) is 63.2 Å². The van der Waals surface area contributed by atoms with E-state index in [1.54, 1.807) is 45.9 Å². The second-order valence-corrected chi connectivity index (χ2v) is 13.4. The van der Waals surface area contributed by atoms with Gasteiger partial charge in [0.1, 0.15) is 23.4 Å². The number of para-hydroxylation sites is 1. The van der Waals surface area contributed by atoms with Crippen LogP contribution in [0.25, 0.3) is 10.8 Å². The van der Waals surface area contributed by atoms with Gasteiger partial charge in [0.15, 0.2) is 0 Å². The van der Waals surface area contributed by atoms with Crippen LogP contribution in [-0.2, 0) is 14.3 Å². The summed E-state index contributed by atoms with van der Waals surface area (Å²) in [6, 6.07) is 16.1. The molecule has 3 rings (SSSR count). The molecule has 3 amide bonds. The molecule has 0 heterocycles. The predicted molar refractivity (Wildman–Crippen MR) is 177 cm³/mol. The van der Waals surface area contributed by atoms with Crippen molar-refractivity contribution < 1.29 is 24.2 Å². The van der Waals surface area contributed by atoms with E-state index in [9.17, 15) is 19.5 Å². The Morgan fingerprint density at radius 1 is 0.886 bits per heavy atom. The Morgan fingerprint density at radius 3 is 2.16 bits per heavy atom. The van der Waals surface area contributed by atoms with E-state index >= 15 is 0 Å². The number of aryl methyl sites for hydroxylation is 1. The monoisotopic (exact) mass is 603 g/mol. The molecular weight excluding hydrogens is 554 g/mol. The summed E-state index contributed by atoms with van der Waals surface area (Å²) < 4.78 is 5.49. The fourth-order valence-electron chi connectivity index (χ4n) is 5.22. The average molecular weight is 604 g/mol. The van der Waals surface area contributed by atoms with Gasteiger partial charge in [-0.15, -0.1) is 0 Å². The molecule has 0 saturated heterocycles. The van der Waals surface area contributed by atoms with Gasteiger partial charge in [-0.3, -0.25) is 9.59 Å². The molecule has 8 heteroatoms. The van der Waals surface area contributed by atoms with Crippen LogP contribution in [0.2, 0.25) is 0 Å². The van der Waals surface area contributed by atoms with Gasteiger partial charge in [0.05, 0.1) is 0 Å². The van der Waals surface area contributed by atoms with Crippen molar-refractivity contribution in [3.8, 4) is 5.75 Å². The van der Waals surface area contributed by atoms with Crippen molar-refractivity contribution in [1.82, 2.24) is 10.2 Å². The molecule has 0 aliphatic carbocycles. The van der Waals surface area contributed by atoms with E-state index in [-0.39, 0.29) is 11.7 Å². The molecule has 44 heavy (non-hydrogen) atoms. The van der Waals surface area contributed by atoms with Crippen molar-refractivity contribution in [2.24, 2.45) is 11.8 Å². The topological polar surface area (TPSA) is 108 Å². The third-order valence-electron chi connectivity index (χ3n) is 7.60. The highest BCUT2D eigenvalue weighted by atomic mass is 16.6. The fraction of sp³-hybridized carbons (Fsp3) is 0.472. The minimum Gasteiger partial charge on any atom is -0.507 e. The van der Waals surface area contributed by atoms with Crippen LogP contribution in [0.15, 0.2) is 60.7 Å². The predicted octanol–water partition coefficient (Wildman–Crippen LogP) is 7.74. The number of aromatic hydroxyl groups is 1. The lowest BCUT2D eigenvalue weighted by atomic mass is 9.93. The first kappa shape index (κ1) is 34.4. The first-order valence-electron chi connectivity index (χ1n) is 15.5. The van der Waals surface area contributed by atoms with Gasteiger partial charge in [-0.2, -0.15) is 0 Å². The lowest BCUT2D eigenvalue weighted by Crippen LogP contribution is -2.56. The van der Waals surface area contributed by atoms with Gasteiger partial charge in [-0.1, -0.05) is 76.2 Å². The first-order valence-corrected chi connectivity index (χ1v) is 15.5. The second kappa shape index (κ2) is 14.6. The third kappa shape index (κ3) is 8.97. The number of amides is 3. The molecule has 0 bridgehead atoms. The Kier molecular flexibility index (Phi) is 11.4. The van der Waals surface area contributed by atoms with Crippen molar-refractivity contribution in [1.29, 1.82) is 0 Å². The van der Waals surface area contributed by atoms with Crippen molar-refractivity contribution >= 4 is 34.4 Å². The average Bonchev–Trinajstić information content (AvgIpc) is 2.93. The van der Waals surface area contributed by atoms with Crippen molar-refractivity contribution in [2.75, 3.05) is 5.32 Å². The van der Waals surface area contributed by atoms with Gasteiger partial charge in [-0.05, 0) is 87.8 Å². The number of nitrogens with one attached hydrogen (secondary N) is 2. The zero-order valence-corrected chi connectivity index (χ0v) is 27.6. The van der Waals surface area contributed by atoms with Crippen LogP contribution in [0, 0.1) is 18.8 Å². The van der Waals surface area contributed by atoms with Crippen molar-refractivity contribution in [3.63, 3.8) is 0 Å². The molecule has 0 saturated carbocycles. The van der Waals surface area contributed by atoms with Crippen molar-refractivity contribution in [3.05, 3.63) is 71.8 Å². The Bertz CT molecular complexity index is 1460. The minimum absolute atomic E-state index is 0.0544. The van der Waals surface area contributed by atoms with Crippen LogP contribution in [0.3, 0.4) is 0 Å². The SMILES string of the molecule is Cc1cccc(C(C(=O)Nc2ccc3ccccc3c2)N(C(=O)C(NC(=O)OC(C)(C)C)C(C)C)C(C)CCC(C)C)c1O. The quantitative estimate of drug-likeness (QED) is 0.208. The van der Waals surface area contributed by atoms with E-state index in [2.05, 4.69) is 24.5 Å². The number of hydrogen-bond acceptors (Lipinski definition) is 5. The molecule has 0 radical (unpaired) electrons. The number of nitrogens with zero attached hydrogens (tertiary/aromatic N) is 1. The van der Waals surface area contributed by atoms with Crippen LogP contribution in [0.5, 0.6) is 5.75 Å². The Morgan fingerprint density at radius 2 is 1.55 bits per heavy atom. The Balaban J connectivity index is 2.13. The molecular formula is C36H49N3O5. The summed E-state index contributed by atoms with van der Waals surface area (Å²) in [6.45, 7) is 16.8. The molecule has 3 unspecified atom stereocenters. The van der Waals surface area contributed by atoms with Crippen LogP contribution in [0.4, 0.5) is 10.5 Å². The summed E-state index contributed by atoms with van der Waals surface area (Å²) >= 11 is 0. The number of ether oxygens (including phenoxy) is 1. The maximum Gasteiger partial charge on any atom is 0.408 e. The molecule has 3 aromatic carbocycles. The smallest absolute Gasteiger partial charge is 0.408 e. The standard InChI is InChI=1S/C36H49N3O5/c1-22(2)17-18-25(6)39(34(42)30(23(3)4)38-35(43)44-36(7,8)9)31(29-16-12-13-24(5)32(29)40)33(41)37-28-20-19-26-14-10-11-15-27(26)21-28/h10-16,19-23,25,30-31,40H,17-18H2,1-9H3,(H,37,41)(H,38,43). The third-order valence-corrected chi connectivity index (χ3v) is 7.60. The minimum atomic E-state index is -1.18. The van der Waals surface area contributed by atoms with E-state index in [0.717, 1.165) is 17.2 Å². The molecule has 238 valence electrons. The maximum absolute atomic E-state index is 14.6. The Labute approximate surface area is 262 Å². The number of hydrogen-bond donors (Lipinski definition) is 3. The van der Waals surface area contributed by atoms with E-state index in [4.69, 9.17) is 4.74 Å². The molecule has 0 aromatic heterocycles. The molecule has 0 fully saturated rings. The molecule has 3 atom stereocenters. The largest absolute Gasteiger partial charge is 0.507 e. The maximum atomic E-state index is 14.6. The van der Waals surface area contributed by atoms with Crippen LogP contribution in [-0.4, -0.2) is 45.6 Å². The first-order chi connectivity index (χ1) is 20.6. The highest BCUT2D eigenvalue weighted by Crippen LogP contribution is 2.36. The zero-order chi connectivity index (χ0) is 32.8. The zero-order valence-electron chi connectivity index (χ0n) is 27.6. The summed E-state index contributed by atoms with van der Waals surface area (Å²) in [4.78, 5) is 43.4. The summed E-state index contributed by atoms with van der Waals surface area (Å²) in [5.41, 5.74) is 0.711. The molecule has 0 aliphatic rings. The van der Waals surface area contributed by atoms with Crippen LogP contribution < -0.4 is 10.6 Å². The fourth-order valence-corrected chi connectivity index (χ4v) is 5.22. The summed E-state index contributed by atoms with van der Waals surface area (Å²) in [5.74, 6) is -0.897. The molecule has 0 aliphatic heterocycles. The van der Waals surface area contributed by atoms with Gasteiger partial charge in [0, 0.05) is 17.3 Å². The summed E-state index contributed by atoms with van der Waals surface area (Å²) in [7, 11) is 0. The summed E-state index contributed by atoms with van der Waals surface area (Å²) in [5, 5.41) is 19.0. The highest BCUT2D eigenvalue weighted by Gasteiger charge is 2.41. The number of benzene rings is 3. The number of carbonyl (C=O) groups excluding carboxylic acids is 3. The van der Waals surface area contributed by atoms with E-state index < -0.39 is 41.6 Å². The molecule has 8 nitrogen and oxygen atoms in total. The number of phenolic OH excluding ortho intramolecular Hbond substituents is 1. The van der Waals surface area contributed by atoms with Crippen LogP contribution >= 0.6 is 0 Å². The number of fused-ring (bicyclic) bond motifs is 1. The Hall–Kier alpha value is -4.07. The number of rotatable bonds is 11. The normalized spacial score (nSPS) is 13.8. The lowest BCUT2D eigenvalue weighted by Gasteiger charge is -2.39. The van der Waals surface area contributed by atoms with E-state index in [0.29, 0.717) is 29.2 Å². The van der Waals surface area contributed by atoms with Crippen LogP contribution in [0.1, 0.15) is 85.4 Å². The molecule has 0 spiro atoms. The van der Waals surface area contributed by atoms with E-state index in [1.165, 1.54) is 4.90 Å². The number of carbonyl (C=O) groups is 3. The van der Waals surface area contributed by atoms with Gasteiger partial charge < -0.3 is 25.4 Å². The number of anilines is 1. The molecule has 3 N–H and O–H groups in total. The van der Waals surface area contributed by atoms with Crippen molar-refractivity contribution in [2.45, 2.75) is 98.9 Å². The second-order valence-electron chi connectivity index (χ2n) is 13.4. The lowest BCUT2D eigenvalue weighted by molar-refractivity contribution is -0.144. The summed E-state index contributed by atoms with van der Waals surface area (Å²) in [6.07, 6.45) is 0.720. The van der Waals surface area contributed by atoms with Gasteiger partial charge >= 0.3 is 6.09 Å². The van der Waals surface area contributed by atoms with Gasteiger partial charge in [0.2, 0.25) is 5.91 Å². The van der Waals surface area contributed by atoms with Gasteiger partial charge in [-0.25, -0.2) is 4.79 Å². The molecule has 3 aromatic rings. The number of phenols is 1. The van der Waals surface area contributed by atoms with Gasteiger partial charge in [0.25, 0.3) is 5.91 Å². The number of alkyl carbamates (subject to hydrolysis) is 1. The highest BCUT2D eigenvalue weighted by molar-refractivity contribution is 6.01.